The number of benzene rings is 1. The molecule has 1 unspecified atom stereocenters. The van der Waals surface area contributed by atoms with E-state index in [1.807, 2.05) is 6.07 Å². The molecule has 1 aliphatic rings. The van der Waals surface area contributed by atoms with Crippen LogP contribution in [0.15, 0.2) is 18.2 Å². The molecule has 1 aliphatic heterocycles. The lowest BCUT2D eigenvalue weighted by atomic mass is 10.1. The van der Waals surface area contributed by atoms with Gasteiger partial charge in [0, 0.05) is 39.1 Å². The molecular formula is C23H32Cl2N4O6. The Morgan fingerprint density at radius 3 is 2.49 bits per heavy atom. The number of carbonyl (C=O) groups is 4. The van der Waals surface area contributed by atoms with Crippen LogP contribution in [0.4, 0.5) is 0 Å². The fourth-order valence-corrected chi connectivity index (χ4v) is 3.71. The fourth-order valence-electron chi connectivity index (χ4n) is 3.39. The number of aryl methyl sites for hydroxylation is 1. The first-order valence-corrected chi connectivity index (χ1v) is 12.3. The van der Waals surface area contributed by atoms with Crippen molar-refractivity contribution in [2.75, 3.05) is 59.2 Å². The van der Waals surface area contributed by atoms with Gasteiger partial charge in [0.05, 0.1) is 36.5 Å². The van der Waals surface area contributed by atoms with E-state index in [1.165, 1.54) is 4.90 Å². The molecule has 0 aromatic heterocycles. The fraction of sp³-hybridized carbons (Fsp3) is 0.565. The van der Waals surface area contributed by atoms with Gasteiger partial charge in [0.2, 0.25) is 17.6 Å². The molecule has 1 aromatic rings. The predicted molar refractivity (Wildman–Crippen MR) is 131 cm³/mol. The SMILES string of the molecule is NCCC(=O)NCCOCCOCCN1CC(C(=O)NCCCc2ccc(Cl)c(Cl)c2)C(=O)C1=O. The third kappa shape index (κ3) is 10.1. The lowest BCUT2D eigenvalue weighted by Gasteiger charge is -2.15. The summed E-state index contributed by atoms with van der Waals surface area (Å²) in [6.45, 7) is 2.51. The molecule has 0 spiro atoms. The summed E-state index contributed by atoms with van der Waals surface area (Å²) in [6, 6.07) is 5.37. The largest absolute Gasteiger partial charge is 0.377 e. The van der Waals surface area contributed by atoms with Crippen LogP contribution in [0.2, 0.25) is 10.0 Å². The number of ketones is 1. The van der Waals surface area contributed by atoms with Crippen LogP contribution in [0.1, 0.15) is 18.4 Å². The number of likely N-dealkylation sites (tertiary alicyclic amines) is 1. The van der Waals surface area contributed by atoms with E-state index in [4.69, 9.17) is 38.4 Å². The lowest BCUT2D eigenvalue weighted by Crippen LogP contribution is -2.36. The van der Waals surface area contributed by atoms with Crippen LogP contribution in [0.3, 0.4) is 0 Å². The molecule has 1 fully saturated rings. The summed E-state index contributed by atoms with van der Waals surface area (Å²) in [6.07, 6.45) is 1.62. The van der Waals surface area contributed by atoms with Crippen LogP contribution in [0.5, 0.6) is 0 Å². The Hall–Kier alpha value is -2.24. The van der Waals surface area contributed by atoms with Crippen molar-refractivity contribution in [3.63, 3.8) is 0 Å². The monoisotopic (exact) mass is 530 g/mol. The van der Waals surface area contributed by atoms with Crippen molar-refractivity contribution in [3.05, 3.63) is 33.8 Å². The van der Waals surface area contributed by atoms with Gasteiger partial charge in [-0.05, 0) is 30.5 Å². The average molecular weight is 531 g/mol. The Morgan fingerprint density at radius 2 is 1.77 bits per heavy atom. The predicted octanol–water partition coefficient (Wildman–Crippen LogP) is 0.568. The molecular weight excluding hydrogens is 499 g/mol. The zero-order chi connectivity index (χ0) is 25.6. The van der Waals surface area contributed by atoms with E-state index in [0.717, 1.165) is 5.56 Å². The third-order valence-electron chi connectivity index (χ3n) is 5.28. The molecule has 2 rings (SSSR count). The van der Waals surface area contributed by atoms with E-state index in [9.17, 15) is 19.2 Å². The highest BCUT2D eigenvalue weighted by atomic mass is 35.5. The number of hydrogen-bond donors (Lipinski definition) is 3. The number of Topliss-reactive ketones (excluding diaryl/α,β-unsaturated/α-hetero) is 1. The molecule has 12 heteroatoms. The highest BCUT2D eigenvalue weighted by Gasteiger charge is 2.42. The van der Waals surface area contributed by atoms with E-state index in [2.05, 4.69) is 10.6 Å². The molecule has 10 nitrogen and oxygen atoms in total. The van der Waals surface area contributed by atoms with Gasteiger partial charge in [-0.25, -0.2) is 0 Å². The smallest absolute Gasteiger partial charge is 0.290 e. The summed E-state index contributed by atoms with van der Waals surface area (Å²) in [7, 11) is 0. The second-order valence-electron chi connectivity index (χ2n) is 7.92. The van der Waals surface area contributed by atoms with E-state index >= 15 is 0 Å². The first-order chi connectivity index (χ1) is 16.8. The van der Waals surface area contributed by atoms with Gasteiger partial charge in [0.15, 0.2) is 0 Å². The number of halogens is 2. The van der Waals surface area contributed by atoms with Crippen LogP contribution in [0, 0.1) is 5.92 Å². The first kappa shape index (κ1) is 29.0. The number of nitrogens with zero attached hydrogens (tertiary/aromatic N) is 1. The van der Waals surface area contributed by atoms with Crippen molar-refractivity contribution in [1.29, 1.82) is 0 Å². The van der Waals surface area contributed by atoms with Gasteiger partial charge >= 0.3 is 0 Å². The summed E-state index contributed by atoms with van der Waals surface area (Å²) in [5.41, 5.74) is 6.28. The number of nitrogens with two attached hydrogens (primary N) is 1. The Balaban J connectivity index is 1.57. The van der Waals surface area contributed by atoms with Crippen molar-refractivity contribution >= 4 is 46.7 Å². The van der Waals surface area contributed by atoms with Gasteiger partial charge in [0.25, 0.3) is 5.91 Å². The van der Waals surface area contributed by atoms with Crippen molar-refractivity contribution in [1.82, 2.24) is 15.5 Å². The highest BCUT2D eigenvalue weighted by Crippen LogP contribution is 2.23. The van der Waals surface area contributed by atoms with Gasteiger partial charge in [-0.2, -0.15) is 0 Å². The molecule has 1 saturated heterocycles. The highest BCUT2D eigenvalue weighted by molar-refractivity contribution is 6.42. The van der Waals surface area contributed by atoms with E-state index in [1.54, 1.807) is 12.1 Å². The summed E-state index contributed by atoms with van der Waals surface area (Å²) in [4.78, 5) is 49.4. The van der Waals surface area contributed by atoms with Crippen LogP contribution in [0.25, 0.3) is 0 Å². The Morgan fingerprint density at radius 1 is 1.03 bits per heavy atom. The topological polar surface area (TPSA) is 140 Å². The first-order valence-electron chi connectivity index (χ1n) is 11.5. The standard InChI is InChI=1S/C23H32Cl2N4O6/c24-18-4-3-16(14-19(18)25)2-1-7-28-22(32)17-15-29(23(33)21(17)31)9-11-35-13-12-34-10-8-27-20(30)5-6-26/h3-4,14,17H,1-2,5-13,15,26H2,(H,27,30)(H,28,32). The van der Waals surface area contributed by atoms with Gasteiger partial charge in [-0.1, -0.05) is 29.3 Å². The minimum atomic E-state index is -1.01. The van der Waals surface area contributed by atoms with Crippen LogP contribution in [-0.4, -0.2) is 87.6 Å². The maximum absolute atomic E-state index is 12.4. The molecule has 0 saturated carbocycles. The Kier molecular flexibility index (Phi) is 13.0. The summed E-state index contributed by atoms with van der Waals surface area (Å²) in [5, 5.41) is 6.36. The van der Waals surface area contributed by atoms with Gasteiger partial charge < -0.3 is 30.7 Å². The normalized spacial score (nSPS) is 15.5. The Labute approximate surface area is 214 Å². The second kappa shape index (κ2) is 15.7. The molecule has 194 valence electrons. The molecule has 0 bridgehead atoms. The van der Waals surface area contributed by atoms with Crippen molar-refractivity contribution < 1.29 is 28.7 Å². The number of carbonyl (C=O) groups excluding carboxylic acids is 4. The molecule has 1 heterocycles. The quantitative estimate of drug-likeness (QED) is 0.161. The van der Waals surface area contributed by atoms with Crippen LogP contribution in [-0.2, 0) is 35.1 Å². The molecule has 1 atom stereocenters. The number of nitrogens with one attached hydrogen (secondary N) is 2. The second-order valence-corrected chi connectivity index (χ2v) is 8.74. The number of hydrogen-bond acceptors (Lipinski definition) is 7. The molecule has 4 N–H and O–H groups in total. The number of ether oxygens (including phenoxy) is 2. The minimum Gasteiger partial charge on any atom is -0.377 e. The number of rotatable bonds is 16. The zero-order valence-corrected chi connectivity index (χ0v) is 21.0. The third-order valence-corrected chi connectivity index (χ3v) is 6.02. The van der Waals surface area contributed by atoms with Gasteiger partial charge in [0.1, 0.15) is 5.92 Å². The zero-order valence-electron chi connectivity index (χ0n) is 19.5. The van der Waals surface area contributed by atoms with Crippen LogP contribution < -0.4 is 16.4 Å². The molecule has 3 amide bonds. The van der Waals surface area contributed by atoms with Gasteiger partial charge in [-0.15, -0.1) is 0 Å². The van der Waals surface area contributed by atoms with Crippen molar-refractivity contribution in [2.45, 2.75) is 19.3 Å². The summed E-state index contributed by atoms with van der Waals surface area (Å²) >= 11 is 11.9. The molecule has 35 heavy (non-hydrogen) atoms. The minimum absolute atomic E-state index is 0.0403. The molecule has 0 radical (unpaired) electrons. The lowest BCUT2D eigenvalue weighted by molar-refractivity contribution is -0.142. The average Bonchev–Trinajstić information content (AvgIpc) is 3.11. The molecule has 1 aromatic carbocycles. The van der Waals surface area contributed by atoms with E-state index in [0.29, 0.717) is 62.3 Å². The van der Waals surface area contributed by atoms with Crippen molar-refractivity contribution in [2.24, 2.45) is 11.7 Å². The van der Waals surface area contributed by atoms with Crippen molar-refractivity contribution in [3.8, 4) is 0 Å². The molecule has 0 aliphatic carbocycles. The van der Waals surface area contributed by atoms with Crippen LogP contribution >= 0.6 is 23.2 Å². The summed E-state index contributed by atoms with van der Waals surface area (Å²) in [5.74, 6) is -2.95. The van der Waals surface area contributed by atoms with E-state index < -0.39 is 23.5 Å². The Bertz CT molecular complexity index is 886. The summed E-state index contributed by atoms with van der Waals surface area (Å²) < 4.78 is 10.8. The van der Waals surface area contributed by atoms with E-state index in [-0.39, 0.29) is 32.0 Å². The number of amides is 3. The maximum Gasteiger partial charge on any atom is 0.290 e. The van der Waals surface area contributed by atoms with Gasteiger partial charge in [-0.3, -0.25) is 19.2 Å². The maximum atomic E-state index is 12.4.